The van der Waals surface area contributed by atoms with Crippen LogP contribution in [0.4, 0.5) is 26.3 Å². The van der Waals surface area contributed by atoms with Crippen LogP contribution in [0.2, 0.25) is 0 Å². The van der Waals surface area contributed by atoms with E-state index in [0.717, 1.165) is 0 Å². The maximum Gasteiger partial charge on any atom is 0.523 e. The van der Waals surface area contributed by atoms with Gasteiger partial charge >= 0.3 is 21.1 Å². The van der Waals surface area contributed by atoms with Gasteiger partial charge in [-0.05, 0) is 12.8 Å². The highest BCUT2D eigenvalue weighted by atomic mass is 32.2. The van der Waals surface area contributed by atoms with Crippen molar-refractivity contribution >= 4 is 21.9 Å². The van der Waals surface area contributed by atoms with Crippen LogP contribution in [0.3, 0.4) is 0 Å². The molecule has 0 aliphatic rings. The molecular formula is C8H12F6O3S2. The average molecular weight is 334 g/mol. The maximum absolute atomic E-state index is 11.8. The van der Waals surface area contributed by atoms with Gasteiger partial charge in [0.05, 0.1) is 6.61 Å². The number of hydrogen-bond donors (Lipinski definition) is 0. The second-order valence-electron chi connectivity index (χ2n) is 3.43. The smallest absolute Gasteiger partial charge is 0.263 e. The third-order valence-corrected chi connectivity index (χ3v) is 3.69. The topological polar surface area (TPSA) is 43.4 Å². The first-order valence-corrected chi connectivity index (χ1v) is 7.51. The van der Waals surface area contributed by atoms with Crippen molar-refractivity contribution in [2.75, 3.05) is 12.4 Å². The highest BCUT2D eigenvalue weighted by molar-refractivity contribution is 8.00. The fourth-order valence-electron chi connectivity index (χ4n) is 0.981. The van der Waals surface area contributed by atoms with Gasteiger partial charge in [-0.1, -0.05) is 24.6 Å². The van der Waals surface area contributed by atoms with Gasteiger partial charge in [0, 0.05) is 5.75 Å². The molecule has 0 aliphatic heterocycles. The van der Waals surface area contributed by atoms with Crippen LogP contribution < -0.4 is 0 Å². The molecule has 0 N–H and O–H groups in total. The molecule has 0 aromatic rings. The number of alkyl halides is 6. The number of hydrogen-bond acceptors (Lipinski definition) is 4. The maximum atomic E-state index is 11.8. The lowest BCUT2D eigenvalue weighted by molar-refractivity contribution is -0.0543. The third kappa shape index (κ3) is 9.38. The Balaban J connectivity index is 3.58. The van der Waals surface area contributed by atoms with E-state index in [1.165, 1.54) is 0 Å². The summed E-state index contributed by atoms with van der Waals surface area (Å²) in [6.07, 6.45) is 0.937. The van der Waals surface area contributed by atoms with Crippen molar-refractivity contribution in [2.24, 2.45) is 0 Å². The lowest BCUT2D eigenvalue weighted by atomic mass is 10.2. The van der Waals surface area contributed by atoms with Crippen LogP contribution in [-0.2, 0) is 14.3 Å². The van der Waals surface area contributed by atoms with Gasteiger partial charge in [0.1, 0.15) is 0 Å². The van der Waals surface area contributed by atoms with Crippen LogP contribution in [0.1, 0.15) is 25.7 Å². The molecule has 0 saturated heterocycles. The molecule has 116 valence electrons. The summed E-state index contributed by atoms with van der Waals surface area (Å²) in [5.41, 5.74) is -9.74. The van der Waals surface area contributed by atoms with Crippen LogP contribution in [0.25, 0.3) is 0 Å². The van der Waals surface area contributed by atoms with Crippen molar-refractivity contribution in [2.45, 2.75) is 36.7 Å². The summed E-state index contributed by atoms with van der Waals surface area (Å²) in [6.45, 7) is -0.631. The monoisotopic (exact) mass is 334 g/mol. The Morgan fingerprint density at radius 3 is 1.89 bits per heavy atom. The lowest BCUT2D eigenvalue weighted by Crippen LogP contribution is -2.25. The second kappa shape index (κ2) is 7.58. The van der Waals surface area contributed by atoms with Crippen molar-refractivity contribution in [3.63, 3.8) is 0 Å². The highest BCUT2D eigenvalue weighted by Gasteiger charge is 2.47. The second-order valence-corrected chi connectivity index (χ2v) is 6.20. The zero-order valence-corrected chi connectivity index (χ0v) is 11.2. The zero-order chi connectivity index (χ0) is 15.2. The van der Waals surface area contributed by atoms with Gasteiger partial charge in [-0.15, -0.1) is 0 Å². The van der Waals surface area contributed by atoms with Crippen molar-refractivity contribution in [3.8, 4) is 0 Å². The fourth-order valence-corrected chi connectivity index (χ4v) is 2.03. The van der Waals surface area contributed by atoms with Crippen molar-refractivity contribution < 1.29 is 38.9 Å². The first-order chi connectivity index (χ1) is 8.46. The molecule has 0 aliphatic carbocycles. The molecule has 0 atom stereocenters. The molecule has 0 aromatic heterocycles. The van der Waals surface area contributed by atoms with E-state index in [0.29, 0.717) is 12.8 Å². The Morgan fingerprint density at radius 1 is 0.895 bits per heavy atom. The van der Waals surface area contributed by atoms with E-state index in [1.807, 2.05) is 0 Å². The number of halogens is 6. The molecular weight excluding hydrogens is 322 g/mol. The molecule has 0 rings (SSSR count). The SMILES string of the molecule is O=S(=O)(OCCCCCCSC(F)(F)F)C(F)(F)F. The van der Waals surface area contributed by atoms with E-state index in [9.17, 15) is 34.8 Å². The first-order valence-electron chi connectivity index (χ1n) is 5.12. The molecule has 0 unspecified atom stereocenters. The van der Waals surface area contributed by atoms with Gasteiger partial charge in [-0.2, -0.15) is 34.8 Å². The molecule has 0 heterocycles. The van der Waals surface area contributed by atoms with E-state index >= 15 is 0 Å². The van der Waals surface area contributed by atoms with Crippen molar-refractivity contribution in [3.05, 3.63) is 0 Å². The Kier molecular flexibility index (Phi) is 7.51. The van der Waals surface area contributed by atoms with Crippen LogP contribution in [0.15, 0.2) is 0 Å². The number of unbranched alkanes of at least 4 members (excludes halogenated alkanes) is 3. The minimum atomic E-state index is -5.57. The van der Waals surface area contributed by atoms with Gasteiger partial charge in [0.15, 0.2) is 0 Å². The van der Waals surface area contributed by atoms with Gasteiger partial charge in [0.25, 0.3) is 0 Å². The molecule has 0 amide bonds. The highest BCUT2D eigenvalue weighted by Crippen LogP contribution is 2.31. The summed E-state index contributed by atoms with van der Waals surface area (Å²) >= 11 is -0.171. The summed E-state index contributed by atoms with van der Waals surface area (Å²) in [6, 6.07) is 0. The predicted octanol–water partition coefficient (Wildman–Crippen LogP) is 3.67. The summed E-state index contributed by atoms with van der Waals surface area (Å²) in [5, 5.41) is 0. The van der Waals surface area contributed by atoms with E-state index in [4.69, 9.17) is 0 Å². The largest absolute Gasteiger partial charge is 0.523 e. The quantitative estimate of drug-likeness (QED) is 0.294. The zero-order valence-electron chi connectivity index (χ0n) is 9.55. The third-order valence-electron chi connectivity index (χ3n) is 1.83. The summed E-state index contributed by atoms with van der Waals surface area (Å²) < 4.78 is 95.1. The molecule has 0 spiro atoms. The predicted molar refractivity (Wildman–Crippen MR) is 57.9 cm³/mol. The van der Waals surface area contributed by atoms with E-state index < -0.39 is 27.7 Å². The molecule has 0 saturated carbocycles. The number of rotatable bonds is 8. The van der Waals surface area contributed by atoms with E-state index in [-0.39, 0.29) is 30.4 Å². The average Bonchev–Trinajstić information content (AvgIpc) is 2.18. The van der Waals surface area contributed by atoms with E-state index in [1.54, 1.807) is 0 Å². The number of thioether (sulfide) groups is 1. The normalized spacial score (nSPS) is 13.8. The van der Waals surface area contributed by atoms with Crippen LogP contribution in [0.5, 0.6) is 0 Å². The van der Waals surface area contributed by atoms with Gasteiger partial charge in [0.2, 0.25) is 0 Å². The summed E-state index contributed by atoms with van der Waals surface area (Å²) in [5.74, 6) is -0.134. The molecule has 11 heteroatoms. The minimum Gasteiger partial charge on any atom is -0.263 e. The van der Waals surface area contributed by atoms with Gasteiger partial charge in [-0.3, -0.25) is 4.18 Å². The van der Waals surface area contributed by atoms with Crippen LogP contribution >= 0.6 is 11.8 Å². The molecule has 0 bridgehead atoms. The molecule has 0 fully saturated rings. The minimum absolute atomic E-state index is 0.0337. The standard InChI is InChI=1S/C8H12F6O3S2/c9-7(10,11)18-6-4-2-1-3-5-17-19(15,16)8(12,13)14/h1-6H2. The van der Waals surface area contributed by atoms with E-state index in [2.05, 4.69) is 4.18 Å². The Bertz CT molecular complexity index is 348. The molecule has 0 radical (unpaired) electrons. The molecule has 0 aromatic carbocycles. The fraction of sp³-hybridized carbons (Fsp3) is 1.00. The Labute approximate surface area is 110 Å². The first kappa shape index (κ1) is 18.8. The van der Waals surface area contributed by atoms with Crippen LogP contribution in [-0.4, -0.2) is 31.8 Å². The van der Waals surface area contributed by atoms with Crippen LogP contribution in [0, 0.1) is 0 Å². The van der Waals surface area contributed by atoms with Gasteiger partial charge in [-0.25, -0.2) is 0 Å². The Hall–Kier alpha value is -0.160. The Morgan fingerprint density at radius 2 is 1.42 bits per heavy atom. The molecule has 3 nitrogen and oxygen atoms in total. The summed E-state index contributed by atoms with van der Waals surface area (Å²) in [4.78, 5) is 0. The molecule has 19 heavy (non-hydrogen) atoms. The lowest BCUT2D eigenvalue weighted by Gasteiger charge is -2.08. The van der Waals surface area contributed by atoms with Crippen molar-refractivity contribution in [1.82, 2.24) is 0 Å². The van der Waals surface area contributed by atoms with Gasteiger partial charge < -0.3 is 0 Å². The summed E-state index contributed by atoms with van der Waals surface area (Å²) in [7, 11) is -5.57. The van der Waals surface area contributed by atoms with Crippen molar-refractivity contribution in [1.29, 1.82) is 0 Å².